The molecule has 0 radical (unpaired) electrons. The first-order chi connectivity index (χ1) is 17.1. The van der Waals surface area contributed by atoms with Crippen molar-refractivity contribution >= 4 is 34.2 Å². The third kappa shape index (κ3) is 5.53. The number of alkyl halides is 4. The number of rotatable bonds is 3. The molecule has 2 N–H and O–H groups in total. The summed E-state index contributed by atoms with van der Waals surface area (Å²) >= 11 is 0. The standard InChI is InChI=1S/C22H20FN5O.C2HF3O2/c23-17-9-12-28(22(29)16-5-3-11-27-13-10-24-21(16)27)14-19(17)26-20-8-7-15-4-1-2-6-18(15)25-20;3-2(4,5)1(6)7/h1-8,10-11,13,17,19H,9,12,14H2,(H,25,26);(H,6,7)/t17-,19+;/m1./s1. The lowest BCUT2D eigenvalue weighted by Crippen LogP contribution is -2.51. The highest BCUT2D eigenvalue weighted by Crippen LogP contribution is 2.22. The number of aromatic nitrogens is 3. The van der Waals surface area contributed by atoms with Gasteiger partial charge in [0, 0.05) is 37.1 Å². The van der Waals surface area contributed by atoms with Gasteiger partial charge in [0.15, 0.2) is 0 Å². The predicted molar refractivity (Wildman–Crippen MR) is 123 cm³/mol. The minimum Gasteiger partial charge on any atom is -0.475 e. The van der Waals surface area contributed by atoms with Gasteiger partial charge in [-0.15, -0.1) is 0 Å². The van der Waals surface area contributed by atoms with E-state index in [1.807, 2.05) is 53.1 Å². The predicted octanol–water partition coefficient (Wildman–Crippen LogP) is 4.18. The summed E-state index contributed by atoms with van der Waals surface area (Å²) in [5.41, 5.74) is 1.99. The molecule has 1 saturated heterocycles. The van der Waals surface area contributed by atoms with Crippen LogP contribution in [0.5, 0.6) is 0 Å². The number of fused-ring (bicyclic) bond motifs is 2. The Hall–Kier alpha value is -4.22. The zero-order valence-corrected chi connectivity index (χ0v) is 18.7. The van der Waals surface area contributed by atoms with Crippen LogP contribution in [-0.4, -0.2) is 67.7 Å². The van der Waals surface area contributed by atoms with Gasteiger partial charge in [-0.3, -0.25) is 4.79 Å². The van der Waals surface area contributed by atoms with Crippen LogP contribution in [0.25, 0.3) is 16.6 Å². The molecule has 0 bridgehead atoms. The number of hydrogen-bond donors (Lipinski definition) is 2. The molecule has 4 heterocycles. The maximum Gasteiger partial charge on any atom is 0.490 e. The Morgan fingerprint density at radius 1 is 1.06 bits per heavy atom. The van der Waals surface area contributed by atoms with Gasteiger partial charge in [-0.1, -0.05) is 18.2 Å². The lowest BCUT2D eigenvalue weighted by molar-refractivity contribution is -0.192. The monoisotopic (exact) mass is 503 g/mol. The Labute approximate surface area is 202 Å². The van der Waals surface area contributed by atoms with E-state index in [-0.39, 0.29) is 18.9 Å². The number of carboxylic acid groups (broad SMARTS) is 1. The van der Waals surface area contributed by atoms with Crippen LogP contribution >= 0.6 is 0 Å². The van der Waals surface area contributed by atoms with E-state index in [2.05, 4.69) is 15.3 Å². The van der Waals surface area contributed by atoms with Crippen molar-refractivity contribution in [3.8, 4) is 0 Å². The molecule has 8 nitrogen and oxygen atoms in total. The molecule has 0 spiro atoms. The lowest BCUT2D eigenvalue weighted by Gasteiger charge is -2.35. The molecule has 0 unspecified atom stereocenters. The largest absolute Gasteiger partial charge is 0.490 e. The van der Waals surface area contributed by atoms with Crippen LogP contribution in [0.3, 0.4) is 0 Å². The molecule has 1 fully saturated rings. The fourth-order valence-electron chi connectivity index (χ4n) is 3.87. The van der Waals surface area contributed by atoms with E-state index in [0.29, 0.717) is 23.6 Å². The van der Waals surface area contributed by atoms with Gasteiger partial charge >= 0.3 is 12.1 Å². The number of piperidine rings is 1. The van der Waals surface area contributed by atoms with Gasteiger partial charge in [0.05, 0.1) is 17.1 Å². The van der Waals surface area contributed by atoms with E-state index in [1.54, 1.807) is 23.4 Å². The van der Waals surface area contributed by atoms with Crippen molar-refractivity contribution in [2.24, 2.45) is 0 Å². The number of amides is 1. The first-order valence-corrected chi connectivity index (χ1v) is 10.9. The van der Waals surface area contributed by atoms with Crippen LogP contribution in [0.2, 0.25) is 0 Å². The Morgan fingerprint density at radius 2 is 1.81 bits per heavy atom. The average Bonchev–Trinajstić information content (AvgIpc) is 3.34. The fraction of sp³-hybridized carbons (Fsp3) is 0.250. The van der Waals surface area contributed by atoms with Gasteiger partial charge in [0.25, 0.3) is 5.91 Å². The van der Waals surface area contributed by atoms with Crippen molar-refractivity contribution in [3.05, 3.63) is 72.7 Å². The lowest BCUT2D eigenvalue weighted by atomic mass is 10.0. The zero-order valence-electron chi connectivity index (χ0n) is 18.7. The van der Waals surface area contributed by atoms with Crippen molar-refractivity contribution in [1.82, 2.24) is 19.3 Å². The number of hydrogen-bond acceptors (Lipinski definition) is 5. The molecule has 12 heteroatoms. The second-order valence-electron chi connectivity index (χ2n) is 8.08. The summed E-state index contributed by atoms with van der Waals surface area (Å²) in [5, 5.41) is 11.3. The quantitative estimate of drug-likeness (QED) is 0.407. The number of aliphatic carboxylic acids is 1. The number of carbonyl (C=O) groups is 2. The number of imidazole rings is 1. The summed E-state index contributed by atoms with van der Waals surface area (Å²) in [4.78, 5) is 32.5. The minimum atomic E-state index is -5.08. The van der Waals surface area contributed by atoms with Gasteiger partial charge in [-0.05, 0) is 36.8 Å². The highest BCUT2D eigenvalue weighted by atomic mass is 19.4. The van der Waals surface area contributed by atoms with Crippen molar-refractivity contribution in [2.75, 3.05) is 18.4 Å². The summed E-state index contributed by atoms with van der Waals surface area (Å²) in [6.45, 7) is 0.654. The normalized spacial score (nSPS) is 17.9. The Balaban J connectivity index is 0.000000384. The topological polar surface area (TPSA) is 99.8 Å². The average molecular weight is 503 g/mol. The highest BCUT2D eigenvalue weighted by Gasteiger charge is 2.38. The number of benzene rings is 1. The number of nitrogens with one attached hydrogen (secondary N) is 1. The minimum absolute atomic E-state index is 0.132. The van der Waals surface area contributed by atoms with Crippen molar-refractivity contribution in [1.29, 1.82) is 0 Å². The third-order valence-electron chi connectivity index (χ3n) is 5.64. The zero-order chi connectivity index (χ0) is 25.9. The van der Waals surface area contributed by atoms with Crippen LogP contribution < -0.4 is 5.32 Å². The molecule has 0 saturated carbocycles. The molecule has 1 aromatic carbocycles. The smallest absolute Gasteiger partial charge is 0.475 e. The van der Waals surface area contributed by atoms with E-state index in [9.17, 15) is 22.4 Å². The van der Waals surface area contributed by atoms with Gasteiger partial charge in [-0.2, -0.15) is 13.2 Å². The molecule has 188 valence electrons. The molecule has 4 aromatic rings. The number of nitrogens with zero attached hydrogens (tertiary/aromatic N) is 4. The van der Waals surface area contributed by atoms with Crippen LogP contribution in [0, 0.1) is 0 Å². The molecule has 36 heavy (non-hydrogen) atoms. The Morgan fingerprint density at radius 3 is 2.56 bits per heavy atom. The first kappa shape index (κ1) is 24.9. The second-order valence-corrected chi connectivity index (χ2v) is 8.08. The van der Waals surface area contributed by atoms with Crippen LogP contribution in [-0.2, 0) is 4.79 Å². The van der Waals surface area contributed by atoms with E-state index < -0.39 is 24.4 Å². The van der Waals surface area contributed by atoms with Gasteiger partial charge in [-0.25, -0.2) is 19.2 Å². The van der Waals surface area contributed by atoms with Crippen molar-refractivity contribution < 1.29 is 32.3 Å². The van der Waals surface area contributed by atoms with Gasteiger partial charge in [0.2, 0.25) is 0 Å². The number of para-hydroxylation sites is 1. The second kappa shape index (κ2) is 10.2. The molecule has 1 amide bonds. The number of likely N-dealkylation sites (tertiary alicyclic amines) is 1. The van der Waals surface area contributed by atoms with E-state index in [1.165, 1.54) is 0 Å². The van der Waals surface area contributed by atoms with Crippen LogP contribution in [0.15, 0.2) is 67.1 Å². The molecule has 2 atom stereocenters. The SMILES string of the molecule is O=C(O)C(F)(F)F.O=C(c1cccn2ccnc12)N1CC[C@@H](F)[C@@H](Nc2ccc3ccccc3n2)C1. The molecular formula is C24H21F4N5O3. The first-order valence-electron chi connectivity index (χ1n) is 10.9. The third-order valence-corrected chi connectivity index (χ3v) is 5.64. The summed E-state index contributed by atoms with van der Waals surface area (Å²) in [6.07, 6.45) is -0.530. The van der Waals surface area contributed by atoms with E-state index in [4.69, 9.17) is 9.90 Å². The van der Waals surface area contributed by atoms with Crippen molar-refractivity contribution in [3.63, 3.8) is 0 Å². The summed E-state index contributed by atoms with van der Waals surface area (Å²) < 4.78 is 48.2. The van der Waals surface area contributed by atoms with E-state index in [0.717, 1.165) is 10.9 Å². The summed E-state index contributed by atoms with van der Waals surface area (Å²) in [6, 6.07) is 14.7. The maximum atomic E-state index is 14.6. The molecule has 3 aromatic heterocycles. The maximum absolute atomic E-state index is 14.6. The molecule has 5 rings (SSSR count). The number of halogens is 4. The fourth-order valence-corrected chi connectivity index (χ4v) is 3.87. The van der Waals surface area contributed by atoms with Gasteiger partial charge in [0.1, 0.15) is 17.6 Å². The number of carbonyl (C=O) groups excluding carboxylic acids is 1. The number of anilines is 1. The van der Waals surface area contributed by atoms with Crippen LogP contribution in [0.1, 0.15) is 16.8 Å². The molecule has 1 aliphatic rings. The van der Waals surface area contributed by atoms with E-state index >= 15 is 0 Å². The molecule has 1 aliphatic heterocycles. The number of carboxylic acids is 1. The number of pyridine rings is 2. The highest BCUT2D eigenvalue weighted by molar-refractivity contribution is 5.99. The van der Waals surface area contributed by atoms with Gasteiger partial charge < -0.3 is 19.7 Å². The summed E-state index contributed by atoms with van der Waals surface area (Å²) in [5.74, 6) is -2.28. The van der Waals surface area contributed by atoms with Crippen molar-refractivity contribution in [2.45, 2.75) is 24.8 Å². The Bertz CT molecular complexity index is 1390. The summed E-state index contributed by atoms with van der Waals surface area (Å²) in [7, 11) is 0. The molecule has 0 aliphatic carbocycles. The van der Waals surface area contributed by atoms with Crippen LogP contribution in [0.4, 0.5) is 23.4 Å². The Kier molecular flexibility index (Phi) is 7.04. The molecular weight excluding hydrogens is 482 g/mol.